The number of nitrogens with zero attached hydrogens (tertiary/aromatic N) is 1. The van der Waals surface area contributed by atoms with Gasteiger partial charge in [-0.15, -0.1) is 0 Å². The van der Waals surface area contributed by atoms with Gasteiger partial charge in [-0.3, -0.25) is 9.69 Å². The van der Waals surface area contributed by atoms with Crippen LogP contribution in [-0.2, 0) is 4.79 Å². The second kappa shape index (κ2) is 3.56. The maximum absolute atomic E-state index is 12.1. The fourth-order valence-electron chi connectivity index (χ4n) is 3.78. The van der Waals surface area contributed by atoms with Crippen LogP contribution in [0.5, 0.6) is 0 Å². The van der Waals surface area contributed by atoms with Crippen molar-refractivity contribution >= 4 is 5.78 Å². The molecule has 1 N–H and O–H groups in total. The molecule has 0 aromatic rings. The van der Waals surface area contributed by atoms with Crippen LogP contribution in [0.15, 0.2) is 0 Å². The van der Waals surface area contributed by atoms with Gasteiger partial charge >= 0.3 is 0 Å². The van der Waals surface area contributed by atoms with Gasteiger partial charge in [-0.05, 0) is 39.3 Å². The zero-order valence-electron chi connectivity index (χ0n) is 9.41. The molecule has 0 bridgehead atoms. The highest BCUT2D eigenvalue weighted by Gasteiger charge is 2.46. The van der Waals surface area contributed by atoms with E-state index in [1.807, 2.05) is 0 Å². The topological polar surface area (TPSA) is 32.3 Å². The van der Waals surface area contributed by atoms with Gasteiger partial charge < -0.3 is 5.32 Å². The fraction of sp³-hybridized carbons (Fsp3) is 0.917. The van der Waals surface area contributed by atoms with E-state index in [0.717, 1.165) is 12.8 Å². The molecule has 0 amide bonds. The van der Waals surface area contributed by atoms with Crippen LogP contribution in [0.3, 0.4) is 0 Å². The summed E-state index contributed by atoms with van der Waals surface area (Å²) in [5, 5.41) is 3.61. The van der Waals surface area contributed by atoms with Crippen molar-refractivity contribution in [1.82, 2.24) is 10.2 Å². The highest BCUT2D eigenvalue weighted by Crippen LogP contribution is 2.35. The zero-order valence-corrected chi connectivity index (χ0v) is 9.41. The minimum atomic E-state index is 0.303. The predicted octanol–water partition coefficient (Wildman–Crippen LogP) is 0.790. The van der Waals surface area contributed by atoms with Crippen LogP contribution in [0, 0.1) is 5.92 Å². The van der Waals surface area contributed by atoms with Crippen molar-refractivity contribution in [1.29, 1.82) is 0 Å². The van der Waals surface area contributed by atoms with Crippen LogP contribution in [0.2, 0.25) is 0 Å². The molecule has 0 radical (unpaired) electrons. The number of rotatable bonds is 0. The SMILES string of the molecule is C[C@H]1CC(=O)[C@@H]2[C@H](CCN3CCC[C@@H]23)N1. The highest BCUT2D eigenvalue weighted by molar-refractivity contribution is 5.84. The lowest BCUT2D eigenvalue weighted by atomic mass is 9.77. The summed E-state index contributed by atoms with van der Waals surface area (Å²) in [5.74, 6) is 0.820. The van der Waals surface area contributed by atoms with Gasteiger partial charge in [0.25, 0.3) is 0 Å². The molecule has 15 heavy (non-hydrogen) atoms. The minimum Gasteiger partial charge on any atom is -0.310 e. The number of hydrogen-bond donors (Lipinski definition) is 1. The standard InChI is InChI=1S/C12H20N2O/c1-8-7-11(15)12-9(13-8)4-6-14-5-2-3-10(12)14/h8-10,12-13H,2-7H2,1H3/t8-,9-,10-,12+/m0/s1. The molecule has 0 aliphatic carbocycles. The van der Waals surface area contributed by atoms with Gasteiger partial charge in [0.05, 0.1) is 0 Å². The summed E-state index contributed by atoms with van der Waals surface area (Å²) in [5.41, 5.74) is 0. The number of piperidine rings is 2. The van der Waals surface area contributed by atoms with Crippen LogP contribution in [-0.4, -0.2) is 41.9 Å². The van der Waals surface area contributed by atoms with Crippen molar-refractivity contribution < 1.29 is 4.79 Å². The van der Waals surface area contributed by atoms with E-state index in [0.29, 0.717) is 29.8 Å². The van der Waals surface area contributed by atoms with Crippen LogP contribution < -0.4 is 5.32 Å². The van der Waals surface area contributed by atoms with E-state index in [4.69, 9.17) is 0 Å². The zero-order chi connectivity index (χ0) is 10.4. The molecular formula is C12H20N2O. The van der Waals surface area contributed by atoms with Gasteiger partial charge in [0.1, 0.15) is 5.78 Å². The van der Waals surface area contributed by atoms with E-state index in [-0.39, 0.29) is 0 Å². The number of ketones is 1. The maximum Gasteiger partial charge on any atom is 0.140 e. The van der Waals surface area contributed by atoms with Crippen molar-refractivity contribution in [3.8, 4) is 0 Å². The highest BCUT2D eigenvalue weighted by atomic mass is 16.1. The molecule has 3 heterocycles. The van der Waals surface area contributed by atoms with Crippen LogP contribution in [0.1, 0.15) is 32.6 Å². The first-order valence-electron chi connectivity index (χ1n) is 6.28. The molecular weight excluding hydrogens is 188 g/mol. The maximum atomic E-state index is 12.1. The molecule has 0 saturated carbocycles. The Morgan fingerprint density at radius 3 is 3.07 bits per heavy atom. The summed E-state index contributed by atoms with van der Waals surface area (Å²) >= 11 is 0. The van der Waals surface area contributed by atoms with Gasteiger partial charge in [-0.2, -0.15) is 0 Å². The van der Waals surface area contributed by atoms with Gasteiger partial charge in [0, 0.05) is 30.5 Å². The van der Waals surface area contributed by atoms with E-state index >= 15 is 0 Å². The molecule has 3 saturated heterocycles. The molecule has 3 nitrogen and oxygen atoms in total. The van der Waals surface area contributed by atoms with E-state index < -0.39 is 0 Å². The lowest BCUT2D eigenvalue weighted by molar-refractivity contribution is -0.130. The second-order valence-corrected chi connectivity index (χ2v) is 5.40. The van der Waals surface area contributed by atoms with Crippen molar-refractivity contribution in [2.45, 2.75) is 50.7 Å². The minimum absolute atomic E-state index is 0.303. The van der Waals surface area contributed by atoms with Crippen molar-refractivity contribution in [3.05, 3.63) is 0 Å². The Morgan fingerprint density at radius 1 is 1.33 bits per heavy atom. The van der Waals surface area contributed by atoms with Crippen molar-refractivity contribution in [2.24, 2.45) is 5.92 Å². The molecule has 0 aromatic heterocycles. The quantitative estimate of drug-likeness (QED) is 0.639. The number of carbonyl (C=O) groups is 1. The summed E-state index contributed by atoms with van der Waals surface area (Å²) in [6.45, 7) is 4.55. The lowest BCUT2D eigenvalue weighted by Gasteiger charge is -2.45. The molecule has 3 aliphatic rings. The molecule has 4 atom stereocenters. The largest absolute Gasteiger partial charge is 0.310 e. The second-order valence-electron chi connectivity index (χ2n) is 5.40. The summed E-state index contributed by atoms with van der Waals surface area (Å²) < 4.78 is 0. The molecule has 0 unspecified atom stereocenters. The Morgan fingerprint density at radius 2 is 2.20 bits per heavy atom. The molecule has 0 aromatic carbocycles. The monoisotopic (exact) mass is 208 g/mol. The third kappa shape index (κ3) is 1.53. The normalized spacial score (nSPS) is 46.3. The molecule has 3 rings (SSSR count). The van der Waals surface area contributed by atoms with Gasteiger partial charge in [-0.25, -0.2) is 0 Å². The third-order valence-electron chi connectivity index (χ3n) is 4.37. The molecule has 84 valence electrons. The predicted molar refractivity (Wildman–Crippen MR) is 58.7 cm³/mol. The van der Waals surface area contributed by atoms with E-state index in [9.17, 15) is 4.79 Å². The number of nitrogens with one attached hydrogen (secondary N) is 1. The summed E-state index contributed by atoms with van der Waals surface area (Å²) in [7, 11) is 0. The summed E-state index contributed by atoms with van der Waals surface area (Å²) in [4.78, 5) is 14.7. The Kier molecular flexibility index (Phi) is 2.33. The number of hydrogen-bond acceptors (Lipinski definition) is 3. The first-order valence-corrected chi connectivity index (χ1v) is 6.28. The van der Waals surface area contributed by atoms with Gasteiger partial charge in [0.15, 0.2) is 0 Å². The fourth-order valence-corrected chi connectivity index (χ4v) is 3.78. The van der Waals surface area contributed by atoms with Gasteiger partial charge in [0.2, 0.25) is 0 Å². The smallest absolute Gasteiger partial charge is 0.140 e. The lowest BCUT2D eigenvalue weighted by Crippen LogP contribution is -2.61. The molecule has 3 aliphatic heterocycles. The summed E-state index contributed by atoms with van der Waals surface area (Å²) in [6.07, 6.45) is 4.43. The van der Waals surface area contributed by atoms with Crippen molar-refractivity contribution in [3.63, 3.8) is 0 Å². The first kappa shape index (κ1) is 9.79. The Bertz CT molecular complexity index is 279. The number of fused-ring (bicyclic) bond motifs is 3. The Hall–Kier alpha value is -0.410. The molecule has 0 spiro atoms. The molecule has 3 fully saturated rings. The van der Waals surface area contributed by atoms with Crippen LogP contribution >= 0.6 is 0 Å². The average Bonchev–Trinajstić information content (AvgIpc) is 2.63. The van der Waals surface area contributed by atoms with Crippen LogP contribution in [0.4, 0.5) is 0 Å². The Balaban J connectivity index is 1.83. The van der Waals surface area contributed by atoms with Gasteiger partial charge in [-0.1, -0.05) is 0 Å². The first-order chi connectivity index (χ1) is 7.25. The summed E-state index contributed by atoms with van der Waals surface area (Å²) in [6, 6.07) is 1.43. The number of Topliss-reactive ketones (excluding diaryl/α,β-unsaturated/α-hetero) is 1. The van der Waals surface area contributed by atoms with Crippen LogP contribution in [0.25, 0.3) is 0 Å². The third-order valence-corrected chi connectivity index (χ3v) is 4.37. The van der Waals surface area contributed by atoms with Crippen molar-refractivity contribution in [2.75, 3.05) is 13.1 Å². The van der Waals surface area contributed by atoms with E-state index in [1.165, 1.54) is 25.9 Å². The van der Waals surface area contributed by atoms with E-state index in [1.54, 1.807) is 0 Å². The average molecular weight is 208 g/mol. The molecule has 3 heteroatoms. The Labute approximate surface area is 91.2 Å². The van der Waals surface area contributed by atoms with E-state index in [2.05, 4.69) is 17.1 Å². The number of carbonyl (C=O) groups excluding carboxylic acids is 1.